The van der Waals surface area contributed by atoms with Crippen molar-refractivity contribution >= 4 is 46.6 Å². The number of anilines is 1. The lowest BCUT2D eigenvalue weighted by atomic mass is 10.2. The van der Waals surface area contributed by atoms with Gasteiger partial charge < -0.3 is 5.32 Å². The Balaban J connectivity index is 1.71. The summed E-state index contributed by atoms with van der Waals surface area (Å²) in [4.78, 5) is 12.3. The highest BCUT2D eigenvalue weighted by atomic mass is 35.5. The van der Waals surface area contributed by atoms with Gasteiger partial charge >= 0.3 is 0 Å². The molecule has 2 aromatic carbocycles. The number of nitrogens with one attached hydrogen (secondary N) is 1. The second-order valence-electron chi connectivity index (χ2n) is 6.01. The highest BCUT2D eigenvalue weighted by molar-refractivity contribution is 7.99. The van der Waals surface area contributed by atoms with Crippen molar-refractivity contribution in [3.8, 4) is 11.4 Å². The molecule has 0 aliphatic carbocycles. The van der Waals surface area contributed by atoms with Crippen molar-refractivity contribution in [2.45, 2.75) is 18.6 Å². The van der Waals surface area contributed by atoms with Crippen molar-refractivity contribution in [3.05, 3.63) is 70.7 Å². The first-order valence-corrected chi connectivity index (χ1v) is 10.2. The van der Waals surface area contributed by atoms with Crippen LogP contribution in [0.5, 0.6) is 0 Å². The molecule has 144 valence electrons. The molecule has 0 atom stereocenters. The van der Waals surface area contributed by atoms with Gasteiger partial charge in [-0.1, -0.05) is 47.1 Å². The zero-order valence-electron chi connectivity index (χ0n) is 15.2. The predicted octanol–water partition coefficient (Wildman–Crippen LogP) is 5.48. The van der Waals surface area contributed by atoms with Crippen LogP contribution in [0.1, 0.15) is 5.56 Å². The maximum absolute atomic E-state index is 12.3. The standard InChI is InChI=1S/C20H18Cl2N4OS/c1-3-10-26-19(14-5-7-15(21)8-6-14)24-25-20(26)28-12-18(27)23-16-9-4-13(2)17(22)11-16/h3-9,11H,1,10,12H2,2H3,(H,23,27). The molecule has 0 radical (unpaired) electrons. The SMILES string of the molecule is C=CCn1c(SCC(=O)Nc2ccc(C)c(Cl)c2)nnc1-c1ccc(Cl)cc1. The number of rotatable bonds is 7. The average molecular weight is 433 g/mol. The van der Waals surface area contributed by atoms with E-state index in [1.54, 1.807) is 24.3 Å². The van der Waals surface area contributed by atoms with Gasteiger partial charge in [0.2, 0.25) is 5.91 Å². The van der Waals surface area contributed by atoms with E-state index < -0.39 is 0 Å². The summed E-state index contributed by atoms with van der Waals surface area (Å²) in [6, 6.07) is 12.8. The van der Waals surface area contributed by atoms with E-state index in [-0.39, 0.29) is 11.7 Å². The molecular formula is C20H18Cl2N4OS. The minimum atomic E-state index is -0.147. The third kappa shape index (κ3) is 4.95. The quantitative estimate of drug-likeness (QED) is 0.396. The van der Waals surface area contributed by atoms with Gasteiger partial charge in [0.1, 0.15) is 0 Å². The van der Waals surface area contributed by atoms with Crippen LogP contribution in [0.2, 0.25) is 10.0 Å². The topological polar surface area (TPSA) is 59.8 Å². The number of halogens is 2. The monoisotopic (exact) mass is 432 g/mol. The molecule has 3 aromatic rings. The number of benzene rings is 2. The molecule has 1 amide bonds. The normalized spacial score (nSPS) is 10.7. The van der Waals surface area contributed by atoms with Gasteiger partial charge in [-0.2, -0.15) is 0 Å². The Hall–Kier alpha value is -2.28. The van der Waals surface area contributed by atoms with Crippen molar-refractivity contribution in [1.29, 1.82) is 0 Å². The molecular weight excluding hydrogens is 415 g/mol. The molecule has 0 saturated carbocycles. The van der Waals surface area contributed by atoms with E-state index in [0.717, 1.165) is 11.1 Å². The largest absolute Gasteiger partial charge is 0.325 e. The fraction of sp³-hybridized carbons (Fsp3) is 0.150. The lowest BCUT2D eigenvalue weighted by molar-refractivity contribution is -0.113. The van der Waals surface area contributed by atoms with Gasteiger partial charge in [0, 0.05) is 27.8 Å². The Bertz CT molecular complexity index is 1000. The molecule has 0 fully saturated rings. The molecule has 0 saturated heterocycles. The summed E-state index contributed by atoms with van der Waals surface area (Å²) in [5.74, 6) is 0.748. The Morgan fingerprint density at radius 1 is 1.21 bits per heavy atom. The molecule has 5 nitrogen and oxygen atoms in total. The number of hydrogen-bond acceptors (Lipinski definition) is 4. The summed E-state index contributed by atoms with van der Waals surface area (Å²) >= 11 is 13.4. The number of carbonyl (C=O) groups excluding carboxylic acids is 1. The van der Waals surface area contributed by atoms with Crippen LogP contribution in [0.25, 0.3) is 11.4 Å². The van der Waals surface area contributed by atoms with E-state index in [1.807, 2.05) is 35.8 Å². The highest BCUT2D eigenvalue weighted by Crippen LogP contribution is 2.26. The van der Waals surface area contributed by atoms with Crippen molar-refractivity contribution < 1.29 is 4.79 Å². The Labute approximate surface area is 177 Å². The minimum Gasteiger partial charge on any atom is -0.325 e. The van der Waals surface area contributed by atoms with Crippen LogP contribution >= 0.6 is 35.0 Å². The maximum atomic E-state index is 12.3. The van der Waals surface area contributed by atoms with Gasteiger partial charge in [-0.25, -0.2) is 0 Å². The zero-order chi connectivity index (χ0) is 20.1. The summed E-state index contributed by atoms with van der Waals surface area (Å²) in [7, 11) is 0. The summed E-state index contributed by atoms with van der Waals surface area (Å²) in [5.41, 5.74) is 2.52. The van der Waals surface area contributed by atoms with E-state index in [9.17, 15) is 4.79 Å². The van der Waals surface area contributed by atoms with Crippen molar-refractivity contribution in [2.24, 2.45) is 0 Å². The van der Waals surface area contributed by atoms with E-state index >= 15 is 0 Å². The number of thioether (sulfide) groups is 1. The lowest BCUT2D eigenvalue weighted by Gasteiger charge is -2.09. The minimum absolute atomic E-state index is 0.147. The second kappa shape index (κ2) is 9.28. The first kappa shape index (κ1) is 20.5. The number of aryl methyl sites for hydroxylation is 1. The first-order valence-electron chi connectivity index (χ1n) is 8.46. The van der Waals surface area contributed by atoms with Gasteiger partial charge in [0.15, 0.2) is 11.0 Å². The van der Waals surface area contributed by atoms with Crippen LogP contribution in [0.15, 0.2) is 60.3 Å². The van der Waals surface area contributed by atoms with Crippen molar-refractivity contribution in [2.75, 3.05) is 11.1 Å². The van der Waals surface area contributed by atoms with Gasteiger partial charge in [0.05, 0.1) is 5.75 Å². The number of amides is 1. The van der Waals surface area contributed by atoms with Crippen LogP contribution < -0.4 is 5.32 Å². The summed E-state index contributed by atoms with van der Waals surface area (Å²) in [5, 5.41) is 13.3. The summed E-state index contributed by atoms with van der Waals surface area (Å²) in [6.45, 7) is 6.23. The zero-order valence-corrected chi connectivity index (χ0v) is 17.5. The summed E-state index contributed by atoms with van der Waals surface area (Å²) < 4.78 is 1.91. The first-order chi connectivity index (χ1) is 13.5. The molecule has 1 aromatic heterocycles. The maximum Gasteiger partial charge on any atom is 0.234 e. The molecule has 1 N–H and O–H groups in total. The molecule has 8 heteroatoms. The summed E-state index contributed by atoms with van der Waals surface area (Å²) in [6.07, 6.45) is 1.77. The Morgan fingerprint density at radius 2 is 1.96 bits per heavy atom. The molecule has 0 aliphatic heterocycles. The highest BCUT2D eigenvalue weighted by Gasteiger charge is 2.15. The van der Waals surface area contributed by atoms with Crippen molar-refractivity contribution in [3.63, 3.8) is 0 Å². The van der Waals surface area contributed by atoms with Crippen LogP contribution in [-0.4, -0.2) is 26.4 Å². The van der Waals surface area contributed by atoms with Gasteiger partial charge in [0.25, 0.3) is 0 Å². The smallest absolute Gasteiger partial charge is 0.234 e. The van der Waals surface area contributed by atoms with Crippen LogP contribution in [0.4, 0.5) is 5.69 Å². The van der Waals surface area contributed by atoms with Crippen molar-refractivity contribution in [1.82, 2.24) is 14.8 Å². The lowest BCUT2D eigenvalue weighted by Crippen LogP contribution is -2.14. The third-order valence-corrected chi connectivity index (χ3v) is 5.54. The van der Waals surface area contributed by atoms with Gasteiger partial charge in [-0.3, -0.25) is 9.36 Å². The molecule has 0 aliphatic rings. The number of allylic oxidation sites excluding steroid dienone is 1. The fourth-order valence-corrected chi connectivity index (χ4v) is 3.55. The van der Waals surface area contributed by atoms with E-state index in [0.29, 0.717) is 33.3 Å². The Morgan fingerprint density at radius 3 is 2.64 bits per heavy atom. The molecule has 0 spiro atoms. The number of aromatic nitrogens is 3. The molecule has 0 bridgehead atoms. The average Bonchev–Trinajstić information content (AvgIpc) is 3.07. The predicted molar refractivity (Wildman–Crippen MR) is 116 cm³/mol. The number of carbonyl (C=O) groups is 1. The molecule has 28 heavy (non-hydrogen) atoms. The fourth-order valence-electron chi connectivity index (χ4n) is 2.50. The van der Waals surface area contributed by atoms with Crippen LogP contribution in [0.3, 0.4) is 0 Å². The Kier molecular flexibility index (Phi) is 6.78. The van der Waals surface area contributed by atoms with Gasteiger partial charge in [-0.15, -0.1) is 16.8 Å². The second-order valence-corrected chi connectivity index (χ2v) is 7.80. The van der Waals surface area contributed by atoms with Gasteiger partial charge in [-0.05, 0) is 48.9 Å². The molecule has 0 unspecified atom stereocenters. The molecule has 3 rings (SSSR count). The van der Waals surface area contributed by atoms with E-state index in [4.69, 9.17) is 23.2 Å². The number of hydrogen-bond donors (Lipinski definition) is 1. The van der Waals surface area contributed by atoms with E-state index in [1.165, 1.54) is 11.8 Å². The van der Waals surface area contributed by atoms with Crippen LogP contribution in [0, 0.1) is 6.92 Å². The van der Waals surface area contributed by atoms with Crippen LogP contribution in [-0.2, 0) is 11.3 Å². The molecule has 1 heterocycles. The van der Waals surface area contributed by atoms with E-state index in [2.05, 4.69) is 22.1 Å². The number of nitrogens with zero attached hydrogens (tertiary/aromatic N) is 3. The third-order valence-electron chi connectivity index (χ3n) is 3.92.